The first-order chi connectivity index (χ1) is 8.24. The van der Waals surface area contributed by atoms with Gasteiger partial charge in [0.25, 0.3) is 0 Å². The summed E-state index contributed by atoms with van der Waals surface area (Å²) in [4.78, 5) is 4.87. The van der Waals surface area contributed by atoms with E-state index in [0.29, 0.717) is 6.04 Å². The molecule has 0 amide bonds. The molecule has 2 atom stereocenters. The second-order valence-corrected chi connectivity index (χ2v) is 5.03. The fourth-order valence-corrected chi connectivity index (χ4v) is 2.95. The van der Waals surface area contributed by atoms with Crippen molar-refractivity contribution >= 4 is 5.71 Å². The van der Waals surface area contributed by atoms with E-state index in [-0.39, 0.29) is 6.04 Å². The van der Waals surface area contributed by atoms with E-state index in [1.165, 1.54) is 23.2 Å². The molecule has 1 aliphatic carbocycles. The number of rotatable bonds is 0. The Balaban J connectivity index is 2.05. The van der Waals surface area contributed by atoms with Gasteiger partial charge in [-0.2, -0.15) is 0 Å². The first-order valence-corrected chi connectivity index (χ1v) is 6.31. The van der Waals surface area contributed by atoms with E-state index in [4.69, 9.17) is 4.99 Å². The lowest BCUT2D eigenvalue weighted by Crippen LogP contribution is -2.35. The summed E-state index contributed by atoms with van der Waals surface area (Å²) in [7, 11) is 0. The van der Waals surface area contributed by atoms with Gasteiger partial charge in [0.15, 0.2) is 0 Å². The Morgan fingerprint density at radius 3 is 2.94 bits per heavy atom. The van der Waals surface area contributed by atoms with Crippen LogP contribution in [0.15, 0.2) is 41.0 Å². The van der Waals surface area contributed by atoms with Crippen LogP contribution in [0.2, 0.25) is 0 Å². The summed E-state index contributed by atoms with van der Waals surface area (Å²) in [5.74, 6) is 0. The van der Waals surface area contributed by atoms with Crippen LogP contribution < -0.4 is 5.32 Å². The van der Waals surface area contributed by atoms with Crippen molar-refractivity contribution in [3.63, 3.8) is 0 Å². The number of nitrogens with one attached hydrogen (secondary N) is 1. The summed E-state index contributed by atoms with van der Waals surface area (Å²) >= 11 is 0. The predicted octanol–water partition coefficient (Wildman–Crippen LogP) is 3.01. The van der Waals surface area contributed by atoms with Gasteiger partial charge in [-0.3, -0.25) is 4.99 Å². The molecule has 1 heterocycles. The topological polar surface area (TPSA) is 24.4 Å². The number of nitrogens with zero attached hydrogens (tertiary/aromatic N) is 1. The Hall–Kier alpha value is -1.57. The van der Waals surface area contributed by atoms with Gasteiger partial charge in [0.1, 0.15) is 0 Å². The number of hydrogen-bond acceptors (Lipinski definition) is 2. The molecule has 0 unspecified atom stereocenters. The molecule has 0 saturated heterocycles. The molecule has 0 aromatic heterocycles. The van der Waals surface area contributed by atoms with E-state index in [2.05, 4.69) is 49.5 Å². The van der Waals surface area contributed by atoms with Gasteiger partial charge < -0.3 is 5.32 Å². The molecular weight excluding hydrogens is 208 g/mol. The van der Waals surface area contributed by atoms with E-state index >= 15 is 0 Å². The predicted molar refractivity (Wildman–Crippen MR) is 71.3 cm³/mol. The van der Waals surface area contributed by atoms with Crippen LogP contribution in [0, 0.1) is 0 Å². The van der Waals surface area contributed by atoms with Crippen molar-refractivity contribution < 1.29 is 0 Å². The SMILES string of the molecule is CC1=CC(C)=N[C@H]2c3ccccc3CC[C@H]2N1. The van der Waals surface area contributed by atoms with Crippen molar-refractivity contribution in [1.29, 1.82) is 0 Å². The van der Waals surface area contributed by atoms with Crippen molar-refractivity contribution in [2.75, 3.05) is 0 Å². The normalized spacial score (nSPS) is 26.9. The Morgan fingerprint density at radius 2 is 2.06 bits per heavy atom. The third kappa shape index (κ3) is 1.88. The number of fused-ring (bicyclic) bond motifs is 3. The Bertz CT molecular complexity index is 499. The summed E-state index contributed by atoms with van der Waals surface area (Å²) in [6, 6.07) is 9.46. The Labute approximate surface area is 102 Å². The molecular formula is C15H18N2. The van der Waals surface area contributed by atoms with Crippen LogP contribution >= 0.6 is 0 Å². The van der Waals surface area contributed by atoms with Crippen LogP contribution in [0.4, 0.5) is 0 Å². The average Bonchev–Trinajstić information content (AvgIpc) is 2.46. The van der Waals surface area contributed by atoms with Crippen molar-refractivity contribution in [2.45, 2.75) is 38.8 Å². The highest BCUT2D eigenvalue weighted by atomic mass is 15.0. The van der Waals surface area contributed by atoms with E-state index < -0.39 is 0 Å². The maximum atomic E-state index is 4.87. The molecule has 0 fully saturated rings. The quantitative estimate of drug-likeness (QED) is 0.722. The molecule has 1 aromatic carbocycles. The second kappa shape index (κ2) is 4.02. The molecule has 3 rings (SSSR count). The minimum absolute atomic E-state index is 0.286. The molecule has 2 aliphatic rings. The van der Waals surface area contributed by atoms with Gasteiger partial charge in [-0.05, 0) is 43.9 Å². The molecule has 0 bridgehead atoms. The number of aryl methyl sites for hydroxylation is 1. The molecule has 0 spiro atoms. The van der Waals surface area contributed by atoms with Gasteiger partial charge >= 0.3 is 0 Å². The fourth-order valence-electron chi connectivity index (χ4n) is 2.95. The zero-order valence-electron chi connectivity index (χ0n) is 10.4. The number of benzene rings is 1. The Kier molecular flexibility index (Phi) is 2.50. The van der Waals surface area contributed by atoms with Crippen molar-refractivity contribution in [1.82, 2.24) is 5.32 Å². The fraction of sp³-hybridized carbons (Fsp3) is 0.400. The third-order valence-electron chi connectivity index (χ3n) is 3.66. The summed E-state index contributed by atoms with van der Waals surface area (Å²) < 4.78 is 0. The van der Waals surface area contributed by atoms with Crippen molar-refractivity contribution in [2.24, 2.45) is 4.99 Å². The summed E-state index contributed by atoms with van der Waals surface area (Å²) in [5, 5.41) is 3.60. The van der Waals surface area contributed by atoms with Gasteiger partial charge in [0.05, 0.1) is 12.1 Å². The summed E-state index contributed by atoms with van der Waals surface area (Å²) in [5.41, 5.74) is 5.22. The first-order valence-electron chi connectivity index (χ1n) is 6.31. The van der Waals surface area contributed by atoms with Gasteiger partial charge in [-0.15, -0.1) is 0 Å². The van der Waals surface area contributed by atoms with Crippen LogP contribution in [0.5, 0.6) is 0 Å². The van der Waals surface area contributed by atoms with E-state index in [9.17, 15) is 0 Å². The van der Waals surface area contributed by atoms with E-state index in [1.807, 2.05) is 0 Å². The lowest BCUT2D eigenvalue weighted by molar-refractivity contribution is 0.428. The summed E-state index contributed by atoms with van der Waals surface area (Å²) in [6.07, 6.45) is 4.47. The number of hydrogen-bond donors (Lipinski definition) is 1. The van der Waals surface area contributed by atoms with Crippen LogP contribution in [-0.2, 0) is 6.42 Å². The molecule has 17 heavy (non-hydrogen) atoms. The summed E-state index contributed by atoms with van der Waals surface area (Å²) in [6.45, 7) is 4.21. The average molecular weight is 226 g/mol. The molecule has 1 aromatic rings. The Morgan fingerprint density at radius 1 is 1.24 bits per heavy atom. The first kappa shape index (κ1) is 10.6. The smallest absolute Gasteiger partial charge is 0.0955 e. The van der Waals surface area contributed by atoms with Crippen LogP contribution in [-0.4, -0.2) is 11.8 Å². The molecule has 2 nitrogen and oxygen atoms in total. The van der Waals surface area contributed by atoms with Crippen LogP contribution in [0.25, 0.3) is 0 Å². The highest BCUT2D eigenvalue weighted by Crippen LogP contribution is 2.34. The molecule has 1 aliphatic heterocycles. The van der Waals surface area contributed by atoms with E-state index in [0.717, 1.165) is 12.1 Å². The van der Waals surface area contributed by atoms with Gasteiger partial charge in [-0.1, -0.05) is 24.3 Å². The largest absolute Gasteiger partial charge is 0.383 e. The van der Waals surface area contributed by atoms with E-state index in [1.54, 1.807) is 0 Å². The molecule has 0 saturated carbocycles. The molecule has 0 radical (unpaired) electrons. The monoisotopic (exact) mass is 226 g/mol. The minimum Gasteiger partial charge on any atom is -0.383 e. The molecule has 2 heteroatoms. The highest BCUT2D eigenvalue weighted by Gasteiger charge is 2.29. The zero-order chi connectivity index (χ0) is 11.8. The lowest BCUT2D eigenvalue weighted by atomic mass is 9.84. The minimum atomic E-state index is 0.286. The maximum Gasteiger partial charge on any atom is 0.0955 e. The van der Waals surface area contributed by atoms with Crippen LogP contribution in [0.3, 0.4) is 0 Å². The van der Waals surface area contributed by atoms with Gasteiger partial charge in [-0.25, -0.2) is 0 Å². The number of aliphatic imine (C=N–C) groups is 1. The standard InChI is InChI=1S/C15H18N2/c1-10-9-11(2)17-15-13-6-4-3-5-12(13)7-8-14(15)16-10/h3-6,9,14-16H,7-8H2,1-2H3/t14-,15+/m1/s1. The third-order valence-corrected chi connectivity index (χ3v) is 3.66. The maximum absolute atomic E-state index is 4.87. The number of allylic oxidation sites excluding steroid dienone is 2. The zero-order valence-corrected chi connectivity index (χ0v) is 10.4. The van der Waals surface area contributed by atoms with Crippen molar-refractivity contribution in [3.05, 3.63) is 47.2 Å². The lowest BCUT2D eigenvalue weighted by Gasteiger charge is -2.31. The van der Waals surface area contributed by atoms with Gasteiger partial charge in [0, 0.05) is 11.4 Å². The molecule has 1 N–H and O–H groups in total. The van der Waals surface area contributed by atoms with Gasteiger partial charge in [0.2, 0.25) is 0 Å². The molecule has 88 valence electrons. The van der Waals surface area contributed by atoms with Crippen LogP contribution in [0.1, 0.15) is 37.4 Å². The second-order valence-electron chi connectivity index (χ2n) is 5.03. The van der Waals surface area contributed by atoms with Crippen molar-refractivity contribution in [3.8, 4) is 0 Å². The highest BCUT2D eigenvalue weighted by molar-refractivity contribution is 5.93.